The van der Waals surface area contributed by atoms with Gasteiger partial charge in [-0.05, 0) is 72.2 Å². The minimum Gasteiger partial charge on any atom is -0.325 e. The summed E-state index contributed by atoms with van der Waals surface area (Å²) < 4.78 is 0. The van der Waals surface area contributed by atoms with Crippen molar-refractivity contribution in [3.8, 4) is 0 Å². The number of nitrogens with zero attached hydrogens (tertiary/aromatic N) is 1. The van der Waals surface area contributed by atoms with Crippen molar-refractivity contribution < 1.29 is 19.2 Å². The second-order valence-corrected chi connectivity index (χ2v) is 8.24. The molecule has 0 aromatic heterocycles. The predicted molar refractivity (Wildman–Crippen MR) is 128 cm³/mol. The monoisotopic (exact) mass is 446 g/mol. The van der Waals surface area contributed by atoms with E-state index < -0.39 is 17.1 Å². The van der Waals surface area contributed by atoms with E-state index in [0.29, 0.717) is 11.3 Å². The summed E-state index contributed by atoms with van der Waals surface area (Å²) in [5, 5.41) is 2.20. The fourth-order valence-electron chi connectivity index (χ4n) is 3.00. The van der Waals surface area contributed by atoms with Crippen LogP contribution in [0.2, 0.25) is 0 Å². The van der Waals surface area contributed by atoms with Gasteiger partial charge in [0.25, 0.3) is 11.1 Å². The second kappa shape index (κ2) is 10.5. The summed E-state index contributed by atoms with van der Waals surface area (Å²) in [6.45, 7) is 3.23. The maximum Gasteiger partial charge on any atom is 0.294 e. The molecule has 7 heteroatoms. The number of hydrogen-bond donors (Lipinski definition) is 1. The van der Waals surface area contributed by atoms with Crippen LogP contribution in [0.25, 0.3) is 12.2 Å². The SMILES string of the molecule is C/C(C=O)=C\c1ccc(/C=C(C)/C=C2\SC(=O)N(CC(=O)Nc3ccccc3)C2=O)cc1. The van der Waals surface area contributed by atoms with E-state index in [1.54, 1.807) is 43.3 Å². The molecule has 6 nitrogen and oxygen atoms in total. The van der Waals surface area contributed by atoms with Gasteiger partial charge in [0.2, 0.25) is 5.91 Å². The minimum absolute atomic E-state index is 0.275. The fraction of sp³-hybridized carbons (Fsp3) is 0.120. The number of benzene rings is 2. The van der Waals surface area contributed by atoms with Gasteiger partial charge in [-0.25, -0.2) is 0 Å². The molecule has 1 heterocycles. The number of carbonyl (C=O) groups excluding carboxylic acids is 4. The van der Waals surface area contributed by atoms with Crippen LogP contribution in [0, 0.1) is 0 Å². The molecule has 0 radical (unpaired) electrons. The fourth-order valence-corrected chi connectivity index (χ4v) is 3.89. The van der Waals surface area contributed by atoms with Crippen molar-refractivity contribution in [2.45, 2.75) is 13.8 Å². The minimum atomic E-state index is -0.485. The first-order chi connectivity index (χ1) is 15.4. The van der Waals surface area contributed by atoms with E-state index in [4.69, 9.17) is 0 Å². The van der Waals surface area contributed by atoms with Crippen LogP contribution in [0.1, 0.15) is 25.0 Å². The van der Waals surface area contributed by atoms with Crippen molar-refractivity contribution in [1.82, 2.24) is 4.90 Å². The first-order valence-electron chi connectivity index (χ1n) is 9.88. The summed E-state index contributed by atoms with van der Waals surface area (Å²) in [5.74, 6) is -0.924. The maximum atomic E-state index is 12.6. The van der Waals surface area contributed by atoms with Gasteiger partial charge in [0.05, 0.1) is 4.91 Å². The Labute approximate surface area is 190 Å². The molecule has 32 heavy (non-hydrogen) atoms. The second-order valence-electron chi connectivity index (χ2n) is 7.24. The van der Waals surface area contributed by atoms with E-state index in [1.807, 2.05) is 43.3 Å². The van der Waals surface area contributed by atoms with E-state index in [2.05, 4.69) is 5.32 Å². The van der Waals surface area contributed by atoms with Gasteiger partial charge in [-0.2, -0.15) is 0 Å². The van der Waals surface area contributed by atoms with E-state index in [1.165, 1.54) is 0 Å². The maximum absolute atomic E-state index is 12.6. The molecular weight excluding hydrogens is 424 g/mol. The number of allylic oxidation sites excluding steroid dienone is 3. The molecule has 1 aliphatic heterocycles. The lowest BCUT2D eigenvalue weighted by atomic mass is 10.1. The van der Waals surface area contributed by atoms with Crippen LogP contribution in [0.4, 0.5) is 10.5 Å². The number of para-hydroxylation sites is 1. The van der Waals surface area contributed by atoms with Crippen LogP contribution < -0.4 is 5.32 Å². The standard InChI is InChI=1S/C25H22N2O4S/c1-17(12-19-8-10-20(11-9-19)13-18(2)16-28)14-22-24(30)27(25(31)32-22)15-23(29)26-21-6-4-3-5-7-21/h3-14,16H,15H2,1-2H3,(H,26,29)/b17-12+,18-13+,22-14-. The smallest absolute Gasteiger partial charge is 0.294 e. The number of rotatable bonds is 7. The highest BCUT2D eigenvalue weighted by Crippen LogP contribution is 2.31. The molecule has 2 aromatic carbocycles. The number of nitrogens with one attached hydrogen (secondary N) is 1. The third kappa shape index (κ3) is 6.15. The Bertz CT molecular complexity index is 1130. The van der Waals surface area contributed by atoms with E-state index in [-0.39, 0.29) is 11.4 Å². The van der Waals surface area contributed by atoms with Crippen molar-refractivity contribution in [1.29, 1.82) is 0 Å². The largest absolute Gasteiger partial charge is 0.325 e. The van der Waals surface area contributed by atoms with Gasteiger partial charge in [0.15, 0.2) is 0 Å². The molecular formula is C25H22N2O4S. The molecule has 1 fully saturated rings. The molecule has 2 aromatic rings. The van der Waals surface area contributed by atoms with Gasteiger partial charge >= 0.3 is 0 Å². The molecule has 0 unspecified atom stereocenters. The molecule has 1 N–H and O–H groups in total. The molecule has 3 amide bonds. The van der Waals surface area contributed by atoms with Gasteiger partial charge < -0.3 is 5.32 Å². The molecule has 0 bridgehead atoms. The molecule has 0 atom stereocenters. The third-order valence-electron chi connectivity index (χ3n) is 4.50. The number of carbonyl (C=O) groups is 4. The lowest BCUT2D eigenvalue weighted by Crippen LogP contribution is -2.36. The van der Waals surface area contributed by atoms with Crippen molar-refractivity contribution in [2.75, 3.05) is 11.9 Å². The van der Waals surface area contributed by atoms with E-state index >= 15 is 0 Å². The lowest BCUT2D eigenvalue weighted by Gasteiger charge is -2.12. The average molecular weight is 447 g/mol. The van der Waals surface area contributed by atoms with Gasteiger partial charge in [0.1, 0.15) is 12.8 Å². The Hall–Kier alpha value is -3.71. The highest BCUT2D eigenvalue weighted by Gasteiger charge is 2.36. The molecule has 162 valence electrons. The molecule has 1 saturated heterocycles. The number of imide groups is 1. The van der Waals surface area contributed by atoms with Crippen molar-refractivity contribution >= 4 is 52.9 Å². The van der Waals surface area contributed by atoms with Gasteiger partial charge in [0, 0.05) is 5.69 Å². The number of anilines is 1. The van der Waals surface area contributed by atoms with Crippen molar-refractivity contribution in [3.63, 3.8) is 0 Å². The highest BCUT2D eigenvalue weighted by atomic mass is 32.2. The van der Waals surface area contributed by atoms with Crippen LogP contribution >= 0.6 is 11.8 Å². The Balaban J connectivity index is 1.66. The number of hydrogen-bond acceptors (Lipinski definition) is 5. The number of thioether (sulfide) groups is 1. The van der Waals surface area contributed by atoms with Crippen LogP contribution in [-0.2, 0) is 14.4 Å². The molecule has 0 spiro atoms. The van der Waals surface area contributed by atoms with E-state index in [0.717, 1.165) is 39.6 Å². The normalized spacial score (nSPS) is 15.9. The summed E-state index contributed by atoms with van der Waals surface area (Å²) in [7, 11) is 0. The zero-order chi connectivity index (χ0) is 23.1. The quantitative estimate of drug-likeness (QED) is 0.483. The zero-order valence-electron chi connectivity index (χ0n) is 17.7. The topological polar surface area (TPSA) is 83.6 Å². The molecule has 3 rings (SSSR count). The summed E-state index contributed by atoms with van der Waals surface area (Å²) in [5.41, 5.74) is 3.86. The number of aldehydes is 1. The third-order valence-corrected chi connectivity index (χ3v) is 5.41. The van der Waals surface area contributed by atoms with Crippen LogP contribution in [0.15, 0.2) is 76.7 Å². The summed E-state index contributed by atoms with van der Waals surface area (Å²) in [6.07, 6.45) is 6.12. The Morgan fingerprint density at radius 1 is 0.938 bits per heavy atom. The summed E-state index contributed by atoms with van der Waals surface area (Å²) in [4.78, 5) is 49.1. The van der Waals surface area contributed by atoms with Crippen LogP contribution in [-0.4, -0.2) is 34.8 Å². The van der Waals surface area contributed by atoms with Gasteiger partial charge in [-0.3, -0.25) is 24.1 Å². The number of amides is 3. The average Bonchev–Trinajstić information content (AvgIpc) is 3.02. The Morgan fingerprint density at radius 3 is 2.12 bits per heavy atom. The highest BCUT2D eigenvalue weighted by molar-refractivity contribution is 8.18. The van der Waals surface area contributed by atoms with E-state index in [9.17, 15) is 19.2 Å². The molecule has 0 saturated carbocycles. The van der Waals surface area contributed by atoms with Crippen molar-refractivity contribution in [2.24, 2.45) is 0 Å². The first-order valence-corrected chi connectivity index (χ1v) is 10.7. The van der Waals surface area contributed by atoms with Gasteiger partial charge in [-0.1, -0.05) is 48.5 Å². The Morgan fingerprint density at radius 2 is 1.53 bits per heavy atom. The molecule has 1 aliphatic rings. The van der Waals surface area contributed by atoms with Crippen molar-refractivity contribution in [3.05, 3.63) is 87.9 Å². The van der Waals surface area contributed by atoms with Crippen LogP contribution in [0.3, 0.4) is 0 Å². The zero-order valence-corrected chi connectivity index (χ0v) is 18.5. The summed E-state index contributed by atoms with van der Waals surface area (Å²) >= 11 is 0.818. The van der Waals surface area contributed by atoms with Crippen LogP contribution in [0.5, 0.6) is 0 Å². The lowest BCUT2D eigenvalue weighted by molar-refractivity contribution is -0.127. The first kappa shape index (κ1) is 23.0. The predicted octanol–water partition coefficient (Wildman–Crippen LogP) is 4.91. The Kier molecular flexibility index (Phi) is 7.57. The van der Waals surface area contributed by atoms with Gasteiger partial charge in [-0.15, -0.1) is 0 Å². The summed E-state index contributed by atoms with van der Waals surface area (Å²) in [6, 6.07) is 16.4. The molecule has 0 aliphatic carbocycles.